The van der Waals surface area contributed by atoms with Crippen LogP contribution in [0.1, 0.15) is 0 Å². The standard InChI is InChI=1S/C4H8FNO/c1-2-4(5,7)3-6/h2,7H,1,3,6H2. The molecule has 0 fully saturated rings. The molecule has 0 spiro atoms. The first-order valence-electron chi connectivity index (χ1n) is 1.87. The molecule has 0 aromatic rings. The summed E-state index contributed by atoms with van der Waals surface area (Å²) >= 11 is 0. The molecule has 0 radical (unpaired) electrons. The lowest BCUT2D eigenvalue weighted by Crippen LogP contribution is -2.29. The smallest absolute Gasteiger partial charge is 0.238 e. The summed E-state index contributed by atoms with van der Waals surface area (Å²) in [6.45, 7) is 2.56. The molecule has 0 aliphatic carbocycles. The molecule has 0 amide bonds. The van der Waals surface area contributed by atoms with Gasteiger partial charge in [-0.1, -0.05) is 6.58 Å². The van der Waals surface area contributed by atoms with Crippen molar-refractivity contribution >= 4 is 0 Å². The first-order chi connectivity index (χ1) is 3.12. The van der Waals surface area contributed by atoms with Crippen LogP contribution in [0.5, 0.6) is 0 Å². The molecule has 2 nitrogen and oxygen atoms in total. The zero-order chi connectivity index (χ0) is 5.91. The van der Waals surface area contributed by atoms with Crippen molar-refractivity contribution in [3.8, 4) is 0 Å². The van der Waals surface area contributed by atoms with E-state index in [-0.39, 0.29) is 0 Å². The Morgan fingerprint density at radius 3 is 2.43 bits per heavy atom. The maximum absolute atomic E-state index is 11.9. The van der Waals surface area contributed by atoms with Crippen LogP contribution in [0.25, 0.3) is 0 Å². The quantitative estimate of drug-likeness (QED) is 0.477. The average molecular weight is 105 g/mol. The molecule has 0 saturated heterocycles. The lowest BCUT2D eigenvalue weighted by atomic mass is 10.3. The first-order valence-corrected chi connectivity index (χ1v) is 1.87. The third-order valence-electron chi connectivity index (χ3n) is 0.599. The van der Waals surface area contributed by atoms with Crippen molar-refractivity contribution in [2.45, 2.75) is 5.85 Å². The van der Waals surface area contributed by atoms with Gasteiger partial charge in [0.15, 0.2) is 0 Å². The van der Waals surface area contributed by atoms with Crippen molar-refractivity contribution in [3.05, 3.63) is 12.7 Å². The van der Waals surface area contributed by atoms with Gasteiger partial charge in [-0.25, -0.2) is 4.39 Å². The number of halogens is 1. The van der Waals surface area contributed by atoms with Crippen LogP contribution in [0, 0.1) is 0 Å². The van der Waals surface area contributed by atoms with Crippen molar-refractivity contribution in [2.24, 2.45) is 5.73 Å². The van der Waals surface area contributed by atoms with E-state index in [0.717, 1.165) is 6.08 Å². The molecule has 0 aromatic carbocycles. The lowest BCUT2D eigenvalue weighted by Gasteiger charge is -2.07. The number of nitrogens with two attached hydrogens (primary N) is 1. The Bertz CT molecular complexity index is 72.1. The van der Waals surface area contributed by atoms with Gasteiger partial charge >= 0.3 is 0 Å². The Hall–Kier alpha value is -0.410. The summed E-state index contributed by atoms with van der Waals surface area (Å²) in [7, 11) is 0. The second kappa shape index (κ2) is 2.04. The largest absolute Gasteiger partial charge is 0.358 e. The second-order valence-corrected chi connectivity index (χ2v) is 1.23. The molecule has 0 saturated carbocycles. The zero-order valence-electron chi connectivity index (χ0n) is 3.89. The van der Waals surface area contributed by atoms with E-state index in [1.807, 2.05) is 0 Å². The number of hydrogen-bond donors (Lipinski definition) is 2. The molecule has 0 heterocycles. The molecule has 7 heavy (non-hydrogen) atoms. The summed E-state index contributed by atoms with van der Waals surface area (Å²) in [6, 6.07) is 0. The van der Waals surface area contributed by atoms with Crippen molar-refractivity contribution in [1.29, 1.82) is 0 Å². The lowest BCUT2D eigenvalue weighted by molar-refractivity contribution is -0.0313. The van der Waals surface area contributed by atoms with Gasteiger partial charge < -0.3 is 10.8 Å². The third kappa shape index (κ3) is 2.31. The van der Waals surface area contributed by atoms with Gasteiger partial charge in [0.25, 0.3) is 0 Å². The summed E-state index contributed by atoms with van der Waals surface area (Å²) in [5, 5.41) is 8.22. The molecular weight excluding hydrogens is 97.0 g/mol. The van der Waals surface area contributed by atoms with Crippen LogP contribution < -0.4 is 5.73 Å². The van der Waals surface area contributed by atoms with Crippen molar-refractivity contribution in [2.75, 3.05) is 6.54 Å². The molecule has 0 bridgehead atoms. The Kier molecular flexibility index (Phi) is 1.92. The summed E-state index contributed by atoms with van der Waals surface area (Å²) in [4.78, 5) is 0. The van der Waals surface area contributed by atoms with E-state index in [1.54, 1.807) is 0 Å². The average Bonchev–Trinajstić information content (AvgIpc) is 1.68. The molecule has 1 atom stereocenters. The van der Waals surface area contributed by atoms with Crippen LogP contribution in [0.2, 0.25) is 0 Å². The molecule has 1 unspecified atom stereocenters. The number of hydrogen-bond acceptors (Lipinski definition) is 2. The van der Waals surface area contributed by atoms with E-state index >= 15 is 0 Å². The molecule has 3 heteroatoms. The highest BCUT2D eigenvalue weighted by molar-refractivity contribution is 4.86. The fourth-order valence-corrected chi connectivity index (χ4v) is 0.0833. The van der Waals surface area contributed by atoms with Gasteiger partial charge in [0.2, 0.25) is 5.85 Å². The van der Waals surface area contributed by atoms with Gasteiger partial charge in [-0.2, -0.15) is 0 Å². The van der Waals surface area contributed by atoms with Crippen molar-refractivity contribution < 1.29 is 9.50 Å². The van der Waals surface area contributed by atoms with Crippen molar-refractivity contribution in [3.63, 3.8) is 0 Å². The van der Waals surface area contributed by atoms with E-state index in [4.69, 9.17) is 10.8 Å². The maximum atomic E-state index is 11.9. The molecule has 42 valence electrons. The van der Waals surface area contributed by atoms with Gasteiger partial charge in [-0.3, -0.25) is 0 Å². The van der Waals surface area contributed by atoms with Gasteiger partial charge in [0, 0.05) is 0 Å². The fourth-order valence-electron chi connectivity index (χ4n) is 0.0833. The van der Waals surface area contributed by atoms with Crippen LogP contribution in [0.4, 0.5) is 4.39 Å². The molecule has 3 N–H and O–H groups in total. The first kappa shape index (κ1) is 6.59. The van der Waals surface area contributed by atoms with Crippen LogP contribution in [0.3, 0.4) is 0 Å². The van der Waals surface area contributed by atoms with E-state index in [2.05, 4.69) is 6.58 Å². The van der Waals surface area contributed by atoms with E-state index in [1.165, 1.54) is 0 Å². The maximum Gasteiger partial charge on any atom is 0.238 e. The number of rotatable bonds is 2. The Morgan fingerprint density at radius 1 is 2.00 bits per heavy atom. The van der Waals surface area contributed by atoms with Crippen LogP contribution in [-0.4, -0.2) is 17.5 Å². The summed E-state index contributed by atoms with van der Waals surface area (Å²) in [5.41, 5.74) is 4.72. The second-order valence-electron chi connectivity index (χ2n) is 1.23. The minimum atomic E-state index is -2.38. The molecule has 0 aromatic heterocycles. The molecular formula is C4H8FNO. The predicted molar refractivity (Wildman–Crippen MR) is 25.3 cm³/mol. The predicted octanol–water partition coefficient (Wildman–Crippen LogP) is -0.211. The Labute approximate surface area is 41.4 Å². The molecule has 0 rings (SSSR count). The number of alkyl halides is 1. The van der Waals surface area contributed by atoms with E-state index in [0.29, 0.717) is 0 Å². The Balaban J connectivity index is 3.58. The highest BCUT2D eigenvalue weighted by Crippen LogP contribution is 2.02. The normalized spacial score (nSPS) is 18.1. The van der Waals surface area contributed by atoms with Crippen LogP contribution in [0.15, 0.2) is 12.7 Å². The SMILES string of the molecule is C=CC(O)(F)CN. The summed E-state index contributed by atoms with van der Waals surface area (Å²) in [6.07, 6.45) is 0.757. The minimum absolute atomic E-state index is 0.434. The minimum Gasteiger partial charge on any atom is -0.358 e. The monoisotopic (exact) mass is 105 g/mol. The van der Waals surface area contributed by atoms with E-state index in [9.17, 15) is 4.39 Å². The van der Waals surface area contributed by atoms with Gasteiger partial charge in [0.1, 0.15) is 0 Å². The zero-order valence-corrected chi connectivity index (χ0v) is 3.89. The van der Waals surface area contributed by atoms with E-state index < -0.39 is 12.4 Å². The highest BCUT2D eigenvalue weighted by Gasteiger charge is 2.16. The van der Waals surface area contributed by atoms with Crippen LogP contribution >= 0.6 is 0 Å². The van der Waals surface area contributed by atoms with Crippen molar-refractivity contribution in [1.82, 2.24) is 0 Å². The van der Waals surface area contributed by atoms with Gasteiger partial charge in [0.05, 0.1) is 6.54 Å². The molecule has 0 aliphatic rings. The summed E-state index contributed by atoms with van der Waals surface area (Å²) in [5.74, 6) is -2.38. The molecule has 0 aliphatic heterocycles. The van der Waals surface area contributed by atoms with Gasteiger partial charge in [-0.05, 0) is 6.08 Å². The van der Waals surface area contributed by atoms with Gasteiger partial charge in [-0.15, -0.1) is 0 Å². The fraction of sp³-hybridized carbons (Fsp3) is 0.500. The summed E-state index contributed by atoms with van der Waals surface area (Å²) < 4.78 is 11.9. The third-order valence-corrected chi connectivity index (χ3v) is 0.599. The highest BCUT2D eigenvalue weighted by atomic mass is 19.2. The van der Waals surface area contributed by atoms with Crippen LogP contribution in [-0.2, 0) is 0 Å². The Morgan fingerprint density at radius 2 is 2.43 bits per heavy atom. The topological polar surface area (TPSA) is 46.2 Å². The number of aliphatic hydroxyl groups is 1.